The third kappa shape index (κ3) is 2.47. The summed E-state index contributed by atoms with van der Waals surface area (Å²) in [6, 6.07) is 16.4. The fraction of sp³-hybridized carbons (Fsp3) is 0.0625. The van der Waals surface area contributed by atoms with Crippen LogP contribution in [0.4, 0.5) is 0 Å². The second-order valence-corrected chi connectivity index (χ2v) is 5.39. The quantitative estimate of drug-likeness (QED) is 0.695. The molecule has 2 nitrogen and oxygen atoms in total. The van der Waals surface area contributed by atoms with E-state index in [1.165, 1.54) is 0 Å². The minimum Gasteiger partial charge on any atom is -0.326 e. The fourth-order valence-electron chi connectivity index (χ4n) is 2.12. The molecule has 94 valence electrons. The summed E-state index contributed by atoms with van der Waals surface area (Å²) in [6.07, 6.45) is 1.87. The van der Waals surface area contributed by atoms with Gasteiger partial charge in [0.15, 0.2) is 0 Å². The summed E-state index contributed by atoms with van der Waals surface area (Å²) < 4.78 is 3.21. The number of benzene rings is 2. The third-order valence-corrected chi connectivity index (χ3v) is 3.67. The van der Waals surface area contributed by atoms with Crippen molar-refractivity contribution < 1.29 is 0 Å². The molecule has 0 amide bonds. The lowest BCUT2D eigenvalue weighted by Gasteiger charge is -2.08. The van der Waals surface area contributed by atoms with E-state index in [1.54, 1.807) is 0 Å². The monoisotopic (exact) mass is 312 g/mol. The molecule has 0 saturated carbocycles. The summed E-state index contributed by atoms with van der Waals surface area (Å²) in [5, 5.41) is 0. The van der Waals surface area contributed by atoms with E-state index in [4.69, 9.17) is 0 Å². The van der Waals surface area contributed by atoms with Crippen molar-refractivity contribution in [3.8, 4) is 0 Å². The molecule has 0 N–H and O–H groups in total. The predicted molar refractivity (Wildman–Crippen MR) is 82.9 cm³/mol. The molecule has 0 aliphatic rings. The number of hydrogen-bond donors (Lipinski definition) is 0. The maximum atomic E-state index is 4.39. The minimum absolute atomic E-state index is 0.752. The van der Waals surface area contributed by atoms with Gasteiger partial charge in [0, 0.05) is 11.0 Å². The van der Waals surface area contributed by atoms with Crippen LogP contribution in [0.2, 0.25) is 0 Å². The van der Waals surface area contributed by atoms with Gasteiger partial charge in [-0.3, -0.25) is 0 Å². The van der Waals surface area contributed by atoms with Crippen LogP contribution in [0, 0.1) is 0 Å². The van der Waals surface area contributed by atoms with Crippen LogP contribution in [0.5, 0.6) is 0 Å². The molecule has 19 heavy (non-hydrogen) atoms. The first-order valence-electron chi connectivity index (χ1n) is 6.07. The van der Waals surface area contributed by atoms with E-state index in [0.717, 1.165) is 33.2 Å². The van der Waals surface area contributed by atoms with Crippen LogP contribution in [-0.2, 0) is 6.54 Å². The van der Waals surface area contributed by atoms with Crippen LogP contribution in [0.25, 0.3) is 16.6 Å². The van der Waals surface area contributed by atoms with Crippen molar-refractivity contribution >= 4 is 32.5 Å². The van der Waals surface area contributed by atoms with Crippen molar-refractivity contribution in [1.29, 1.82) is 0 Å². The van der Waals surface area contributed by atoms with Crippen LogP contribution in [0.1, 0.15) is 5.56 Å². The van der Waals surface area contributed by atoms with E-state index in [1.807, 2.05) is 36.7 Å². The summed E-state index contributed by atoms with van der Waals surface area (Å²) in [5.74, 6) is 0. The largest absolute Gasteiger partial charge is 0.326 e. The molecule has 0 fully saturated rings. The first kappa shape index (κ1) is 12.2. The van der Waals surface area contributed by atoms with Crippen molar-refractivity contribution in [1.82, 2.24) is 9.55 Å². The van der Waals surface area contributed by atoms with Gasteiger partial charge in [-0.2, -0.15) is 0 Å². The van der Waals surface area contributed by atoms with Crippen molar-refractivity contribution in [2.24, 2.45) is 0 Å². The van der Waals surface area contributed by atoms with Gasteiger partial charge >= 0.3 is 0 Å². The average molecular weight is 313 g/mol. The van der Waals surface area contributed by atoms with Gasteiger partial charge in [-0.15, -0.1) is 0 Å². The van der Waals surface area contributed by atoms with Gasteiger partial charge in [0.2, 0.25) is 0 Å². The molecule has 3 rings (SSSR count). The molecule has 0 unspecified atom stereocenters. The normalized spacial score (nSPS) is 10.8. The van der Waals surface area contributed by atoms with E-state index in [-0.39, 0.29) is 0 Å². The summed E-state index contributed by atoms with van der Waals surface area (Å²) in [5.41, 5.74) is 4.39. The Labute approximate surface area is 120 Å². The van der Waals surface area contributed by atoms with E-state index in [9.17, 15) is 0 Å². The van der Waals surface area contributed by atoms with Crippen molar-refractivity contribution in [3.05, 3.63) is 71.5 Å². The van der Waals surface area contributed by atoms with Crippen LogP contribution in [0.3, 0.4) is 0 Å². The highest BCUT2D eigenvalue weighted by atomic mass is 79.9. The van der Waals surface area contributed by atoms with Gasteiger partial charge in [0.1, 0.15) is 0 Å². The molecule has 3 aromatic rings. The zero-order valence-corrected chi connectivity index (χ0v) is 12.0. The zero-order chi connectivity index (χ0) is 13.2. The molecule has 0 saturated heterocycles. The lowest BCUT2D eigenvalue weighted by atomic mass is 10.1. The second-order valence-electron chi connectivity index (χ2n) is 4.47. The van der Waals surface area contributed by atoms with E-state index in [2.05, 4.69) is 50.3 Å². The molecule has 1 aromatic heterocycles. The van der Waals surface area contributed by atoms with Crippen LogP contribution < -0.4 is 0 Å². The van der Waals surface area contributed by atoms with Crippen LogP contribution >= 0.6 is 15.9 Å². The molecule has 0 aliphatic carbocycles. The van der Waals surface area contributed by atoms with E-state index in [0.29, 0.717) is 0 Å². The van der Waals surface area contributed by atoms with Gasteiger partial charge in [-0.05, 0) is 35.4 Å². The highest BCUT2D eigenvalue weighted by Crippen LogP contribution is 2.20. The van der Waals surface area contributed by atoms with Gasteiger partial charge in [0.25, 0.3) is 0 Å². The Balaban J connectivity index is 1.89. The van der Waals surface area contributed by atoms with Gasteiger partial charge in [-0.25, -0.2) is 4.98 Å². The molecule has 2 aromatic carbocycles. The number of aromatic nitrogens is 2. The Morgan fingerprint density at radius 1 is 1.11 bits per heavy atom. The van der Waals surface area contributed by atoms with Crippen molar-refractivity contribution in [3.63, 3.8) is 0 Å². The standard InChI is InChI=1S/C16H13BrN2/c1-12(13-6-8-14(17)9-7-13)10-19-11-18-15-4-2-3-5-16(15)19/h2-9,11H,1,10H2. The molecule has 0 bridgehead atoms. The van der Waals surface area contributed by atoms with Gasteiger partial charge < -0.3 is 4.57 Å². The number of hydrogen-bond acceptors (Lipinski definition) is 1. The molecule has 3 heteroatoms. The molecular formula is C16H13BrN2. The molecule has 0 atom stereocenters. The molecule has 0 aliphatic heterocycles. The Hall–Kier alpha value is -1.87. The number of imidazole rings is 1. The summed E-state index contributed by atoms with van der Waals surface area (Å²) in [7, 11) is 0. The number of fused-ring (bicyclic) bond motifs is 1. The number of rotatable bonds is 3. The number of allylic oxidation sites excluding steroid dienone is 1. The Bertz CT molecular complexity index is 726. The van der Waals surface area contributed by atoms with Crippen LogP contribution in [-0.4, -0.2) is 9.55 Å². The smallest absolute Gasteiger partial charge is 0.0961 e. The lowest BCUT2D eigenvalue weighted by molar-refractivity contribution is 0.865. The van der Waals surface area contributed by atoms with E-state index >= 15 is 0 Å². The summed E-state index contributed by atoms with van der Waals surface area (Å²) in [6.45, 7) is 4.92. The number of halogens is 1. The van der Waals surface area contributed by atoms with Crippen LogP contribution in [0.15, 0.2) is 65.9 Å². The molecular weight excluding hydrogens is 300 g/mol. The predicted octanol–water partition coefficient (Wildman–Crippen LogP) is 4.51. The maximum absolute atomic E-state index is 4.39. The first-order chi connectivity index (χ1) is 9.24. The minimum atomic E-state index is 0.752. The summed E-state index contributed by atoms with van der Waals surface area (Å²) in [4.78, 5) is 4.39. The van der Waals surface area contributed by atoms with Crippen molar-refractivity contribution in [2.75, 3.05) is 0 Å². The molecule has 0 spiro atoms. The lowest BCUT2D eigenvalue weighted by Crippen LogP contribution is -1.98. The molecule has 1 heterocycles. The first-order valence-corrected chi connectivity index (χ1v) is 6.87. The van der Waals surface area contributed by atoms with Crippen molar-refractivity contribution in [2.45, 2.75) is 6.54 Å². The maximum Gasteiger partial charge on any atom is 0.0961 e. The van der Waals surface area contributed by atoms with E-state index < -0.39 is 0 Å². The topological polar surface area (TPSA) is 17.8 Å². The molecule has 0 radical (unpaired) electrons. The Kier molecular flexibility index (Phi) is 3.22. The highest BCUT2D eigenvalue weighted by Gasteiger charge is 2.04. The Morgan fingerprint density at radius 2 is 1.84 bits per heavy atom. The van der Waals surface area contributed by atoms with Gasteiger partial charge in [-0.1, -0.05) is 46.8 Å². The van der Waals surface area contributed by atoms with Gasteiger partial charge in [0.05, 0.1) is 17.4 Å². The zero-order valence-electron chi connectivity index (χ0n) is 10.4. The SMILES string of the molecule is C=C(Cn1cnc2ccccc21)c1ccc(Br)cc1. The fourth-order valence-corrected chi connectivity index (χ4v) is 2.38. The second kappa shape index (κ2) is 5.02. The average Bonchev–Trinajstić information content (AvgIpc) is 2.83. The number of para-hydroxylation sites is 2. The summed E-state index contributed by atoms with van der Waals surface area (Å²) >= 11 is 3.44. The highest BCUT2D eigenvalue weighted by molar-refractivity contribution is 9.10. The third-order valence-electron chi connectivity index (χ3n) is 3.14. The number of nitrogens with zero attached hydrogens (tertiary/aromatic N) is 2. The Morgan fingerprint density at radius 3 is 2.63 bits per heavy atom.